The normalized spacial score (nSPS) is 19.1. The number of amides is 3. The summed E-state index contributed by atoms with van der Waals surface area (Å²) in [4.78, 5) is 49.0. The molecule has 12 heteroatoms. The van der Waals surface area contributed by atoms with Gasteiger partial charge in [-0.3, -0.25) is 14.4 Å². The summed E-state index contributed by atoms with van der Waals surface area (Å²) in [6.45, 7) is 1.11. The van der Waals surface area contributed by atoms with Gasteiger partial charge in [0.1, 0.15) is 23.9 Å². The van der Waals surface area contributed by atoms with Gasteiger partial charge in [0.15, 0.2) is 0 Å². The second kappa shape index (κ2) is 12.1. The summed E-state index contributed by atoms with van der Waals surface area (Å²) >= 11 is 0. The number of hydrogen-bond acceptors (Lipinski definition) is 8. The number of aliphatic hydroxyl groups is 2. The molecule has 0 radical (unpaired) electrons. The number of rotatable bonds is 11. The van der Waals surface area contributed by atoms with E-state index in [2.05, 4.69) is 21.3 Å². The lowest BCUT2D eigenvalue weighted by Crippen LogP contribution is -2.60. The molecule has 1 aromatic rings. The molecule has 0 bridgehead atoms. The number of aliphatic hydroxyl groups excluding tert-OH is 2. The molecule has 1 aromatic carbocycles. The van der Waals surface area contributed by atoms with Gasteiger partial charge in [-0.15, -0.1) is 0 Å². The minimum absolute atomic E-state index is 0.00110. The van der Waals surface area contributed by atoms with Gasteiger partial charge in [-0.25, -0.2) is 4.79 Å². The Morgan fingerprint density at radius 3 is 2.21 bits per heavy atom. The SMILES string of the molecule is CC(O)C(NC(=O)C1CCCN1)C(=O)NC(CO)C(=O)NC(Cc1ccc(O)cc1)C(=O)O. The summed E-state index contributed by atoms with van der Waals surface area (Å²) in [5.74, 6) is -3.67. The van der Waals surface area contributed by atoms with Crippen LogP contribution < -0.4 is 21.3 Å². The number of aliphatic carboxylic acids is 1. The van der Waals surface area contributed by atoms with E-state index in [1.54, 1.807) is 0 Å². The maximum Gasteiger partial charge on any atom is 0.326 e. The van der Waals surface area contributed by atoms with E-state index in [0.29, 0.717) is 18.5 Å². The van der Waals surface area contributed by atoms with Gasteiger partial charge in [0, 0.05) is 6.42 Å². The van der Waals surface area contributed by atoms with E-state index in [1.165, 1.54) is 31.2 Å². The molecule has 1 aliphatic rings. The van der Waals surface area contributed by atoms with E-state index in [1.807, 2.05) is 0 Å². The fraction of sp³-hybridized carbons (Fsp3) is 0.524. The van der Waals surface area contributed by atoms with Crippen LogP contribution in [0.2, 0.25) is 0 Å². The molecule has 1 aliphatic heterocycles. The average molecular weight is 466 g/mol. The summed E-state index contributed by atoms with van der Waals surface area (Å²) in [5, 5.41) is 48.2. The molecule has 3 amide bonds. The molecule has 0 saturated carbocycles. The van der Waals surface area contributed by atoms with Gasteiger partial charge in [-0.2, -0.15) is 0 Å². The van der Waals surface area contributed by atoms with Gasteiger partial charge in [-0.1, -0.05) is 12.1 Å². The number of aromatic hydroxyl groups is 1. The maximum atomic E-state index is 12.6. The fourth-order valence-corrected chi connectivity index (χ4v) is 3.36. The number of nitrogens with one attached hydrogen (secondary N) is 4. The fourth-order valence-electron chi connectivity index (χ4n) is 3.36. The van der Waals surface area contributed by atoms with E-state index in [-0.39, 0.29) is 12.2 Å². The van der Waals surface area contributed by atoms with Crippen molar-refractivity contribution in [3.8, 4) is 5.75 Å². The first-order valence-corrected chi connectivity index (χ1v) is 10.6. The molecule has 12 nitrogen and oxygen atoms in total. The lowest BCUT2D eigenvalue weighted by atomic mass is 10.1. The molecule has 1 saturated heterocycles. The minimum Gasteiger partial charge on any atom is -0.508 e. The number of carbonyl (C=O) groups excluding carboxylic acids is 3. The van der Waals surface area contributed by atoms with Crippen LogP contribution in [-0.2, 0) is 25.6 Å². The van der Waals surface area contributed by atoms with Gasteiger partial charge in [-0.05, 0) is 44.0 Å². The Bertz CT molecular complexity index is 839. The lowest BCUT2D eigenvalue weighted by molar-refractivity contribution is -0.142. The molecule has 0 aliphatic carbocycles. The second-order valence-electron chi connectivity index (χ2n) is 7.89. The average Bonchev–Trinajstić information content (AvgIpc) is 3.31. The van der Waals surface area contributed by atoms with Crippen LogP contribution in [0.4, 0.5) is 0 Å². The van der Waals surface area contributed by atoms with Crippen molar-refractivity contribution in [1.82, 2.24) is 21.3 Å². The van der Waals surface area contributed by atoms with Crippen molar-refractivity contribution in [3.63, 3.8) is 0 Å². The molecule has 8 N–H and O–H groups in total. The predicted molar refractivity (Wildman–Crippen MR) is 115 cm³/mol. The van der Waals surface area contributed by atoms with Crippen LogP contribution in [0.3, 0.4) is 0 Å². The summed E-state index contributed by atoms with van der Waals surface area (Å²) in [5.41, 5.74) is 0.530. The highest BCUT2D eigenvalue weighted by Crippen LogP contribution is 2.12. The first-order valence-electron chi connectivity index (χ1n) is 10.6. The minimum atomic E-state index is -1.51. The first-order chi connectivity index (χ1) is 15.6. The number of benzene rings is 1. The van der Waals surface area contributed by atoms with E-state index in [4.69, 9.17) is 0 Å². The van der Waals surface area contributed by atoms with Crippen molar-refractivity contribution in [2.45, 2.75) is 56.5 Å². The monoisotopic (exact) mass is 466 g/mol. The number of phenolic OH excluding ortho intramolecular Hbond substituents is 1. The lowest BCUT2D eigenvalue weighted by Gasteiger charge is -2.25. The van der Waals surface area contributed by atoms with Crippen LogP contribution in [0, 0.1) is 0 Å². The summed E-state index contributed by atoms with van der Waals surface area (Å²) in [7, 11) is 0. The Morgan fingerprint density at radius 2 is 1.70 bits per heavy atom. The van der Waals surface area contributed by atoms with Crippen molar-refractivity contribution < 1.29 is 39.6 Å². The highest BCUT2D eigenvalue weighted by atomic mass is 16.4. The topological polar surface area (TPSA) is 197 Å². The molecule has 5 unspecified atom stereocenters. The van der Waals surface area contributed by atoms with Crippen LogP contribution >= 0.6 is 0 Å². The molecule has 2 rings (SSSR count). The summed E-state index contributed by atoms with van der Waals surface area (Å²) in [6, 6.07) is 0.990. The van der Waals surface area contributed by atoms with Crippen molar-refractivity contribution in [1.29, 1.82) is 0 Å². The third-order valence-corrected chi connectivity index (χ3v) is 5.25. The molecule has 0 aromatic heterocycles. The zero-order valence-corrected chi connectivity index (χ0v) is 18.2. The van der Waals surface area contributed by atoms with Gasteiger partial charge < -0.3 is 41.7 Å². The molecule has 33 heavy (non-hydrogen) atoms. The number of hydrogen-bond donors (Lipinski definition) is 8. The van der Waals surface area contributed by atoms with Crippen molar-refractivity contribution in [3.05, 3.63) is 29.8 Å². The van der Waals surface area contributed by atoms with Crippen LogP contribution in [0.15, 0.2) is 24.3 Å². The number of carboxylic acid groups (broad SMARTS) is 1. The van der Waals surface area contributed by atoms with Crippen molar-refractivity contribution in [2.75, 3.05) is 13.2 Å². The highest BCUT2D eigenvalue weighted by molar-refractivity contribution is 5.94. The third kappa shape index (κ3) is 7.70. The highest BCUT2D eigenvalue weighted by Gasteiger charge is 2.33. The van der Waals surface area contributed by atoms with Crippen molar-refractivity contribution >= 4 is 23.7 Å². The van der Waals surface area contributed by atoms with Gasteiger partial charge >= 0.3 is 5.97 Å². The molecular weight excluding hydrogens is 436 g/mol. The quantitative estimate of drug-likeness (QED) is 0.175. The second-order valence-corrected chi connectivity index (χ2v) is 7.89. The van der Waals surface area contributed by atoms with Crippen LogP contribution in [-0.4, -0.2) is 87.5 Å². The van der Waals surface area contributed by atoms with Crippen LogP contribution in [0.1, 0.15) is 25.3 Å². The van der Waals surface area contributed by atoms with Crippen molar-refractivity contribution in [2.24, 2.45) is 0 Å². The van der Waals surface area contributed by atoms with Gasteiger partial charge in [0.2, 0.25) is 17.7 Å². The Labute approximate surface area is 190 Å². The molecule has 1 heterocycles. The summed E-state index contributed by atoms with van der Waals surface area (Å²) < 4.78 is 0. The predicted octanol–water partition coefficient (Wildman–Crippen LogP) is -2.40. The third-order valence-electron chi connectivity index (χ3n) is 5.25. The Balaban J connectivity index is 2.01. The zero-order chi connectivity index (χ0) is 24.5. The zero-order valence-electron chi connectivity index (χ0n) is 18.2. The largest absolute Gasteiger partial charge is 0.508 e. The molecule has 182 valence electrons. The maximum absolute atomic E-state index is 12.6. The molecule has 1 fully saturated rings. The van der Waals surface area contributed by atoms with Gasteiger partial charge in [0.05, 0.1) is 18.8 Å². The Hall–Kier alpha value is -3.22. The standard InChI is InChI=1S/C21H30N4O8/c1-11(27)17(25-18(29)14-3-2-8-22-14)20(31)24-16(10-26)19(30)23-15(21(32)33)9-12-4-6-13(28)7-5-12/h4-7,11,14-17,22,26-28H,2-3,8-10H2,1H3,(H,23,30)(H,24,31)(H,25,29)(H,32,33). The smallest absolute Gasteiger partial charge is 0.326 e. The van der Waals surface area contributed by atoms with Crippen LogP contribution in [0.25, 0.3) is 0 Å². The number of carbonyl (C=O) groups is 4. The van der Waals surface area contributed by atoms with E-state index in [9.17, 15) is 39.6 Å². The number of carboxylic acids is 1. The molecular formula is C21H30N4O8. The molecule has 5 atom stereocenters. The van der Waals surface area contributed by atoms with E-state index >= 15 is 0 Å². The van der Waals surface area contributed by atoms with Gasteiger partial charge in [0.25, 0.3) is 0 Å². The first kappa shape index (κ1) is 26.0. The van der Waals surface area contributed by atoms with Crippen LogP contribution in [0.5, 0.6) is 5.75 Å². The van der Waals surface area contributed by atoms with E-state index in [0.717, 1.165) is 6.42 Å². The molecule has 0 spiro atoms. The Kier molecular flexibility index (Phi) is 9.57. The Morgan fingerprint density at radius 1 is 1.06 bits per heavy atom. The number of phenols is 1. The summed E-state index contributed by atoms with van der Waals surface area (Å²) in [6.07, 6.45) is -0.0161. The van der Waals surface area contributed by atoms with E-state index < -0.39 is 60.6 Å².